The maximum absolute atomic E-state index is 12.8. The van der Waals surface area contributed by atoms with Crippen molar-refractivity contribution in [2.24, 2.45) is 5.92 Å². The second-order valence-electron chi connectivity index (χ2n) is 8.72. The number of benzene rings is 1. The summed E-state index contributed by atoms with van der Waals surface area (Å²) < 4.78 is 5.01. The Kier molecular flexibility index (Phi) is 10.4. The van der Waals surface area contributed by atoms with Crippen LogP contribution in [0.1, 0.15) is 112 Å². The SMILES string of the molecule is CCCCC(CC)CSc1c(C)cc(C(=O)C(=O)OCC)c(C)c1C1CCCCC1. The summed E-state index contributed by atoms with van der Waals surface area (Å²) in [5, 5.41) is 0. The number of thioether (sulfide) groups is 1. The molecule has 0 aliphatic heterocycles. The van der Waals surface area contributed by atoms with Crippen molar-refractivity contribution < 1.29 is 14.3 Å². The Hall–Kier alpha value is -1.29. The Morgan fingerprint density at radius 1 is 1.13 bits per heavy atom. The molecule has 30 heavy (non-hydrogen) atoms. The molecule has 168 valence electrons. The van der Waals surface area contributed by atoms with Crippen molar-refractivity contribution in [2.75, 3.05) is 12.4 Å². The number of esters is 1. The van der Waals surface area contributed by atoms with Crippen LogP contribution in [0.25, 0.3) is 0 Å². The van der Waals surface area contributed by atoms with Crippen LogP contribution in [0.4, 0.5) is 0 Å². The number of hydrogen-bond acceptors (Lipinski definition) is 4. The molecule has 1 atom stereocenters. The molecule has 1 fully saturated rings. The zero-order chi connectivity index (χ0) is 22.1. The van der Waals surface area contributed by atoms with Crippen LogP contribution in [0.5, 0.6) is 0 Å². The number of hydrogen-bond donors (Lipinski definition) is 0. The molecule has 1 aromatic carbocycles. The first-order valence-electron chi connectivity index (χ1n) is 11.9. The first-order valence-corrected chi connectivity index (χ1v) is 12.9. The van der Waals surface area contributed by atoms with Crippen molar-refractivity contribution >= 4 is 23.5 Å². The molecule has 1 aliphatic rings. The average Bonchev–Trinajstić information content (AvgIpc) is 2.76. The van der Waals surface area contributed by atoms with Gasteiger partial charge in [-0.1, -0.05) is 52.4 Å². The molecule has 0 N–H and O–H groups in total. The van der Waals surface area contributed by atoms with Gasteiger partial charge in [0, 0.05) is 16.2 Å². The van der Waals surface area contributed by atoms with E-state index in [0.717, 1.165) is 22.8 Å². The van der Waals surface area contributed by atoms with Crippen LogP contribution in [0.3, 0.4) is 0 Å². The van der Waals surface area contributed by atoms with Gasteiger partial charge in [0.1, 0.15) is 0 Å². The summed E-state index contributed by atoms with van der Waals surface area (Å²) in [5.74, 6) is 1.11. The minimum Gasteiger partial charge on any atom is -0.460 e. The van der Waals surface area contributed by atoms with E-state index >= 15 is 0 Å². The van der Waals surface area contributed by atoms with E-state index in [1.807, 2.05) is 24.8 Å². The minimum atomic E-state index is -0.736. The van der Waals surface area contributed by atoms with E-state index in [1.54, 1.807) is 6.92 Å². The average molecular weight is 433 g/mol. The van der Waals surface area contributed by atoms with Gasteiger partial charge in [0.25, 0.3) is 5.78 Å². The van der Waals surface area contributed by atoms with E-state index in [1.165, 1.54) is 68.2 Å². The predicted octanol–water partition coefficient (Wildman–Crippen LogP) is 7.41. The number of carbonyl (C=O) groups excluding carboxylic acids is 2. The molecular weight excluding hydrogens is 392 g/mol. The van der Waals surface area contributed by atoms with E-state index in [0.29, 0.717) is 11.5 Å². The highest BCUT2D eigenvalue weighted by molar-refractivity contribution is 7.99. The molecule has 0 heterocycles. The zero-order valence-electron chi connectivity index (χ0n) is 19.6. The maximum atomic E-state index is 12.8. The maximum Gasteiger partial charge on any atom is 0.379 e. The molecule has 0 bridgehead atoms. The van der Waals surface area contributed by atoms with Gasteiger partial charge in [0.2, 0.25) is 0 Å². The third-order valence-corrected chi connectivity index (χ3v) is 7.97. The Bertz CT molecular complexity index is 719. The van der Waals surface area contributed by atoms with Crippen molar-refractivity contribution in [1.82, 2.24) is 0 Å². The summed E-state index contributed by atoms with van der Waals surface area (Å²) in [7, 11) is 0. The highest BCUT2D eigenvalue weighted by atomic mass is 32.2. The Balaban J connectivity index is 2.40. The van der Waals surface area contributed by atoms with E-state index in [2.05, 4.69) is 20.8 Å². The van der Waals surface area contributed by atoms with Crippen LogP contribution in [0, 0.1) is 19.8 Å². The minimum absolute atomic E-state index is 0.224. The van der Waals surface area contributed by atoms with Crippen molar-refractivity contribution in [3.8, 4) is 0 Å². The summed E-state index contributed by atoms with van der Waals surface area (Å²) in [6.45, 7) is 10.6. The molecule has 1 saturated carbocycles. The van der Waals surface area contributed by atoms with Gasteiger partial charge in [-0.05, 0) is 74.6 Å². The van der Waals surface area contributed by atoms with Gasteiger partial charge in [0.15, 0.2) is 0 Å². The van der Waals surface area contributed by atoms with E-state index in [4.69, 9.17) is 4.74 Å². The second-order valence-corrected chi connectivity index (χ2v) is 9.75. The molecule has 1 unspecified atom stereocenters. The lowest BCUT2D eigenvalue weighted by Gasteiger charge is -2.28. The lowest BCUT2D eigenvalue weighted by molar-refractivity contribution is -0.137. The molecule has 3 nitrogen and oxygen atoms in total. The molecule has 2 rings (SSSR count). The zero-order valence-corrected chi connectivity index (χ0v) is 20.5. The van der Waals surface area contributed by atoms with Gasteiger partial charge in [-0.15, -0.1) is 11.8 Å². The van der Waals surface area contributed by atoms with E-state index in [9.17, 15) is 9.59 Å². The van der Waals surface area contributed by atoms with Gasteiger partial charge in [-0.25, -0.2) is 4.79 Å². The summed E-state index contributed by atoms with van der Waals surface area (Å²) in [6, 6.07) is 1.93. The number of aryl methyl sites for hydroxylation is 1. The van der Waals surface area contributed by atoms with Gasteiger partial charge >= 0.3 is 5.97 Å². The molecule has 0 amide bonds. The Morgan fingerprint density at radius 3 is 2.43 bits per heavy atom. The van der Waals surface area contributed by atoms with Gasteiger partial charge in [-0.3, -0.25) is 4.79 Å². The van der Waals surface area contributed by atoms with Crippen molar-refractivity contribution in [2.45, 2.75) is 103 Å². The summed E-state index contributed by atoms with van der Waals surface area (Å²) in [5.41, 5.74) is 3.99. The van der Waals surface area contributed by atoms with Crippen molar-refractivity contribution in [3.63, 3.8) is 0 Å². The quantitative estimate of drug-likeness (QED) is 0.158. The largest absolute Gasteiger partial charge is 0.460 e. The lowest BCUT2D eigenvalue weighted by atomic mass is 9.80. The summed E-state index contributed by atoms with van der Waals surface area (Å²) in [4.78, 5) is 26.3. The van der Waals surface area contributed by atoms with Gasteiger partial charge in [-0.2, -0.15) is 0 Å². The number of carbonyl (C=O) groups is 2. The van der Waals surface area contributed by atoms with Crippen LogP contribution in [-0.4, -0.2) is 24.1 Å². The van der Waals surface area contributed by atoms with E-state index < -0.39 is 11.8 Å². The third kappa shape index (κ3) is 6.35. The first kappa shape index (κ1) is 25.0. The smallest absolute Gasteiger partial charge is 0.379 e. The molecule has 0 saturated heterocycles. The Labute approximate surface area is 187 Å². The normalized spacial score (nSPS) is 15.8. The van der Waals surface area contributed by atoms with Gasteiger partial charge in [0.05, 0.1) is 6.61 Å². The number of rotatable bonds is 11. The number of Topliss-reactive ketones (excluding diaryl/α,β-unsaturated/α-hetero) is 1. The van der Waals surface area contributed by atoms with Crippen LogP contribution in [0.15, 0.2) is 11.0 Å². The van der Waals surface area contributed by atoms with Crippen molar-refractivity contribution in [1.29, 1.82) is 0 Å². The summed E-state index contributed by atoms with van der Waals surface area (Å²) in [6.07, 6.45) is 11.2. The number of unbranched alkanes of at least 4 members (excludes halogenated alkanes) is 1. The molecule has 1 aromatic rings. The highest BCUT2D eigenvalue weighted by Gasteiger charge is 2.28. The highest BCUT2D eigenvalue weighted by Crippen LogP contribution is 2.43. The standard InChI is InChI=1S/C26H40O3S/c1-6-9-13-20(7-2)17-30-25-18(4)16-22(24(27)26(28)29-8-3)19(5)23(25)21-14-11-10-12-15-21/h16,20-21H,6-15,17H2,1-5H3. The van der Waals surface area contributed by atoms with Crippen LogP contribution >= 0.6 is 11.8 Å². The van der Waals surface area contributed by atoms with Crippen molar-refractivity contribution in [3.05, 3.63) is 28.3 Å². The lowest BCUT2D eigenvalue weighted by Crippen LogP contribution is -2.20. The molecule has 0 aromatic heterocycles. The van der Waals surface area contributed by atoms with Crippen LogP contribution in [0.2, 0.25) is 0 Å². The topological polar surface area (TPSA) is 43.4 Å². The summed E-state index contributed by atoms with van der Waals surface area (Å²) >= 11 is 1.98. The molecule has 4 heteroatoms. The second kappa shape index (κ2) is 12.5. The first-order chi connectivity index (χ1) is 14.4. The molecule has 1 aliphatic carbocycles. The van der Waals surface area contributed by atoms with Gasteiger partial charge < -0.3 is 4.74 Å². The molecular formula is C26H40O3S. The fourth-order valence-corrected chi connectivity index (χ4v) is 6.20. The fraction of sp³-hybridized carbons (Fsp3) is 0.692. The monoisotopic (exact) mass is 432 g/mol. The third-order valence-electron chi connectivity index (χ3n) is 6.50. The Morgan fingerprint density at radius 2 is 1.83 bits per heavy atom. The number of ketones is 1. The predicted molar refractivity (Wildman–Crippen MR) is 127 cm³/mol. The molecule has 0 radical (unpaired) electrons. The van der Waals surface area contributed by atoms with E-state index in [-0.39, 0.29) is 6.61 Å². The van der Waals surface area contributed by atoms with Crippen LogP contribution < -0.4 is 0 Å². The number of ether oxygens (including phenoxy) is 1. The van der Waals surface area contributed by atoms with Crippen LogP contribution in [-0.2, 0) is 9.53 Å². The molecule has 0 spiro atoms. The fourth-order valence-electron chi connectivity index (χ4n) is 4.63.